The number of hydrogen-bond acceptors (Lipinski definition) is 4. The maximum Gasteiger partial charge on any atom is 0.300 e. The highest BCUT2D eigenvalue weighted by molar-refractivity contribution is 9.10. The molecule has 3 aromatic carbocycles. The average Bonchev–Trinajstić information content (AvgIpc) is 3.04. The third kappa shape index (κ3) is 3.91. The molecule has 0 aromatic heterocycles. The van der Waals surface area contributed by atoms with E-state index in [0.717, 1.165) is 10.0 Å². The van der Waals surface area contributed by atoms with Crippen LogP contribution in [0.15, 0.2) is 87.3 Å². The fourth-order valence-corrected chi connectivity index (χ4v) is 4.57. The van der Waals surface area contributed by atoms with Gasteiger partial charge in [0.15, 0.2) is 0 Å². The number of amides is 1. The van der Waals surface area contributed by atoms with E-state index in [2.05, 4.69) is 31.9 Å². The molecule has 1 atom stereocenters. The molecule has 4 rings (SSSR count). The lowest BCUT2D eigenvalue weighted by atomic mass is 9.95. The van der Waals surface area contributed by atoms with Crippen LogP contribution in [0.3, 0.4) is 0 Å². The Labute approximate surface area is 196 Å². The van der Waals surface area contributed by atoms with E-state index in [9.17, 15) is 14.7 Å². The molecule has 0 saturated carbocycles. The third-order valence-electron chi connectivity index (χ3n) is 5.07. The summed E-state index contributed by atoms with van der Waals surface area (Å²) >= 11 is 6.82. The van der Waals surface area contributed by atoms with Gasteiger partial charge in [0, 0.05) is 15.7 Å². The van der Waals surface area contributed by atoms with Crippen LogP contribution in [-0.4, -0.2) is 23.9 Å². The largest absolute Gasteiger partial charge is 0.507 e. The number of rotatable bonds is 4. The monoisotopic (exact) mass is 541 g/mol. The zero-order valence-electron chi connectivity index (χ0n) is 16.4. The number of hydrogen-bond donors (Lipinski definition) is 1. The molecule has 1 N–H and O–H groups in total. The number of benzene rings is 3. The van der Waals surface area contributed by atoms with Crippen LogP contribution in [0.2, 0.25) is 0 Å². The molecule has 0 radical (unpaired) electrons. The summed E-state index contributed by atoms with van der Waals surface area (Å²) in [5.41, 5.74) is 1.71. The molecule has 1 aliphatic rings. The zero-order chi connectivity index (χ0) is 22.1. The second-order valence-corrected chi connectivity index (χ2v) is 8.68. The van der Waals surface area contributed by atoms with Crippen LogP contribution < -0.4 is 9.64 Å². The molecular weight excluding hydrogens is 526 g/mol. The summed E-state index contributed by atoms with van der Waals surface area (Å²) in [5, 5.41) is 11.2. The summed E-state index contributed by atoms with van der Waals surface area (Å²) in [4.78, 5) is 27.6. The van der Waals surface area contributed by atoms with Gasteiger partial charge in [-0.05, 0) is 57.9 Å². The van der Waals surface area contributed by atoms with Crippen LogP contribution >= 0.6 is 31.9 Å². The van der Waals surface area contributed by atoms with Crippen molar-refractivity contribution in [3.63, 3.8) is 0 Å². The van der Waals surface area contributed by atoms with Gasteiger partial charge in [0.05, 0.1) is 23.2 Å². The number of methoxy groups -OCH3 is 1. The van der Waals surface area contributed by atoms with Gasteiger partial charge in [-0.2, -0.15) is 0 Å². The molecule has 7 heteroatoms. The van der Waals surface area contributed by atoms with E-state index in [4.69, 9.17) is 4.74 Å². The fraction of sp³-hybridized carbons (Fsp3) is 0.0833. The van der Waals surface area contributed by atoms with Gasteiger partial charge in [0.2, 0.25) is 0 Å². The Kier molecular flexibility index (Phi) is 5.98. The Bertz CT molecular complexity index is 1210. The van der Waals surface area contributed by atoms with Crippen molar-refractivity contribution in [2.45, 2.75) is 6.04 Å². The SMILES string of the molecule is COc1ccc(/C(O)=C2\C(=O)C(=O)N(c3cccc(Br)c3)C2c2ccccc2)cc1Br. The van der Waals surface area contributed by atoms with Crippen molar-refractivity contribution in [2.75, 3.05) is 12.0 Å². The number of carbonyl (C=O) groups is 2. The van der Waals surface area contributed by atoms with Gasteiger partial charge in [0.25, 0.3) is 11.7 Å². The molecule has 0 bridgehead atoms. The van der Waals surface area contributed by atoms with Crippen LogP contribution in [-0.2, 0) is 9.59 Å². The molecule has 1 unspecified atom stereocenters. The predicted molar refractivity (Wildman–Crippen MR) is 126 cm³/mol. The number of aliphatic hydroxyl groups excluding tert-OH is 1. The number of halogens is 2. The number of anilines is 1. The smallest absolute Gasteiger partial charge is 0.300 e. The van der Waals surface area contributed by atoms with Crippen molar-refractivity contribution in [1.29, 1.82) is 0 Å². The van der Waals surface area contributed by atoms with Gasteiger partial charge in [-0.3, -0.25) is 14.5 Å². The van der Waals surface area contributed by atoms with Crippen LogP contribution in [0.5, 0.6) is 5.75 Å². The van der Waals surface area contributed by atoms with E-state index in [-0.39, 0.29) is 11.3 Å². The maximum absolute atomic E-state index is 13.1. The van der Waals surface area contributed by atoms with Crippen molar-refractivity contribution in [2.24, 2.45) is 0 Å². The predicted octanol–water partition coefficient (Wildman–Crippen LogP) is 5.85. The topological polar surface area (TPSA) is 66.8 Å². The minimum Gasteiger partial charge on any atom is -0.507 e. The van der Waals surface area contributed by atoms with E-state index in [1.165, 1.54) is 4.90 Å². The standard InChI is InChI=1S/C24H17Br2NO4/c1-31-19-11-10-15(12-18(19)26)22(28)20-21(14-6-3-2-4-7-14)27(24(30)23(20)29)17-9-5-8-16(25)13-17/h2-13,21,28H,1H3/b22-20+. The first-order valence-corrected chi connectivity index (χ1v) is 11.0. The van der Waals surface area contributed by atoms with E-state index < -0.39 is 17.7 Å². The molecule has 1 amide bonds. The van der Waals surface area contributed by atoms with Crippen molar-refractivity contribution >= 4 is 55.0 Å². The molecule has 3 aromatic rings. The molecule has 0 aliphatic carbocycles. The van der Waals surface area contributed by atoms with Gasteiger partial charge in [-0.1, -0.05) is 52.3 Å². The molecule has 0 spiro atoms. The highest BCUT2D eigenvalue weighted by Gasteiger charge is 2.46. The quantitative estimate of drug-likeness (QED) is 0.255. The molecule has 156 valence electrons. The van der Waals surface area contributed by atoms with Crippen LogP contribution in [0.25, 0.3) is 5.76 Å². The Morgan fingerprint density at radius 2 is 1.71 bits per heavy atom. The highest BCUT2D eigenvalue weighted by Crippen LogP contribution is 2.43. The number of ketones is 1. The number of aliphatic hydroxyl groups is 1. The van der Waals surface area contributed by atoms with Gasteiger partial charge in [-0.25, -0.2) is 0 Å². The van der Waals surface area contributed by atoms with E-state index in [0.29, 0.717) is 21.5 Å². The molecule has 31 heavy (non-hydrogen) atoms. The van der Waals surface area contributed by atoms with Gasteiger partial charge in [-0.15, -0.1) is 0 Å². The molecule has 1 fully saturated rings. The Balaban J connectivity index is 1.93. The van der Waals surface area contributed by atoms with Gasteiger partial charge in [0.1, 0.15) is 11.5 Å². The van der Waals surface area contributed by atoms with Crippen molar-refractivity contribution in [1.82, 2.24) is 0 Å². The average molecular weight is 543 g/mol. The lowest BCUT2D eigenvalue weighted by Crippen LogP contribution is -2.29. The van der Waals surface area contributed by atoms with E-state index in [1.807, 2.05) is 36.4 Å². The summed E-state index contributed by atoms with van der Waals surface area (Å²) in [6, 6.07) is 20.6. The Hall–Kier alpha value is -2.90. The number of ether oxygens (including phenoxy) is 1. The summed E-state index contributed by atoms with van der Waals surface area (Å²) in [6.45, 7) is 0. The van der Waals surface area contributed by atoms with Crippen molar-refractivity contribution in [3.05, 3.63) is 98.4 Å². The van der Waals surface area contributed by atoms with Crippen molar-refractivity contribution in [3.8, 4) is 5.75 Å². The second kappa shape index (κ2) is 8.69. The molecular formula is C24H17Br2NO4. The van der Waals surface area contributed by atoms with Crippen LogP contribution in [0.4, 0.5) is 5.69 Å². The van der Waals surface area contributed by atoms with Gasteiger partial charge < -0.3 is 9.84 Å². The summed E-state index contributed by atoms with van der Waals surface area (Å²) < 4.78 is 6.64. The second-order valence-electron chi connectivity index (χ2n) is 6.91. The number of Topliss-reactive ketones (excluding diaryl/α,β-unsaturated/α-hetero) is 1. The molecule has 5 nitrogen and oxygen atoms in total. The van der Waals surface area contributed by atoms with Crippen LogP contribution in [0.1, 0.15) is 17.2 Å². The zero-order valence-corrected chi connectivity index (χ0v) is 19.6. The van der Waals surface area contributed by atoms with E-state index in [1.54, 1.807) is 43.5 Å². The first-order valence-electron chi connectivity index (χ1n) is 9.38. The minimum atomic E-state index is -0.767. The molecule has 1 heterocycles. The summed E-state index contributed by atoms with van der Waals surface area (Å²) in [7, 11) is 1.54. The Morgan fingerprint density at radius 3 is 2.35 bits per heavy atom. The Morgan fingerprint density at radius 1 is 0.968 bits per heavy atom. The normalized spacial score (nSPS) is 17.8. The minimum absolute atomic E-state index is 0.0354. The molecule has 1 saturated heterocycles. The summed E-state index contributed by atoms with van der Waals surface area (Å²) in [5.74, 6) is -1.09. The van der Waals surface area contributed by atoms with Crippen molar-refractivity contribution < 1.29 is 19.4 Å². The first-order chi connectivity index (χ1) is 14.9. The first kappa shape index (κ1) is 21.3. The number of carbonyl (C=O) groups excluding carboxylic acids is 2. The van der Waals surface area contributed by atoms with Crippen LogP contribution in [0, 0.1) is 0 Å². The molecule has 1 aliphatic heterocycles. The van der Waals surface area contributed by atoms with Gasteiger partial charge >= 0.3 is 0 Å². The highest BCUT2D eigenvalue weighted by atomic mass is 79.9. The third-order valence-corrected chi connectivity index (χ3v) is 6.18. The summed E-state index contributed by atoms with van der Waals surface area (Å²) in [6.07, 6.45) is 0. The fourth-order valence-electron chi connectivity index (χ4n) is 3.64. The lowest BCUT2D eigenvalue weighted by Gasteiger charge is -2.25. The lowest BCUT2D eigenvalue weighted by molar-refractivity contribution is -0.132. The maximum atomic E-state index is 13.1. The number of nitrogens with zero attached hydrogens (tertiary/aromatic N) is 1. The van der Waals surface area contributed by atoms with E-state index >= 15 is 0 Å².